The van der Waals surface area contributed by atoms with Gasteiger partial charge in [-0.3, -0.25) is 4.79 Å². The summed E-state index contributed by atoms with van der Waals surface area (Å²) in [6.07, 6.45) is 5.20. The van der Waals surface area contributed by atoms with Crippen molar-refractivity contribution in [1.29, 1.82) is 0 Å². The molecule has 0 atom stereocenters. The first-order chi connectivity index (χ1) is 18.6. The van der Waals surface area contributed by atoms with E-state index in [0.29, 0.717) is 30.9 Å². The number of rotatable bonds is 6. The van der Waals surface area contributed by atoms with Gasteiger partial charge in [0.25, 0.3) is 5.91 Å². The molecule has 1 aromatic carbocycles. The normalized spacial score (nSPS) is 16.7. The number of hydrogen-bond acceptors (Lipinski definition) is 8. The molecule has 1 amide bonds. The topological polar surface area (TPSA) is 96.6 Å². The lowest BCUT2D eigenvalue weighted by molar-refractivity contribution is 0.0950. The third-order valence-corrected chi connectivity index (χ3v) is 7.27. The third kappa shape index (κ3) is 5.17. The van der Waals surface area contributed by atoms with E-state index in [-0.39, 0.29) is 17.6 Å². The van der Waals surface area contributed by atoms with Crippen LogP contribution in [0.25, 0.3) is 11.0 Å². The molecule has 0 bridgehead atoms. The molecule has 196 valence electrons. The maximum Gasteiger partial charge on any atom is 0.253 e. The lowest BCUT2D eigenvalue weighted by Crippen LogP contribution is -2.36. The number of ether oxygens (including phenoxy) is 1. The van der Waals surface area contributed by atoms with Gasteiger partial charge >= 0.3 is 0 Å². The Morgan fingerprint density at radius 2 is 1.68 bits per heavy atom. The van der Waals surface area contributed by atoms with Gasteiger partial charge in [0.05, 0.1) is 24.5 Å². The number of hydrogen-bond donors (Lipinski definition) is 1. The van der Waals surface area contributed by atoms with Crippen LogP contribution < -0.4 is 15.1 Å². The molecule has 38 heavy (non-hydrogen) atoms. The number of anilines is 2. The zero-order valence-electron chi connectivity index (χ0n) is 21.0. The number of carbonyl (C=O) groups is 1. The lowest BCUT2D eigenvalue weighted by Gasteiger charge is -2.32. The molecule has 0 radical (unpaired) electrons. The minimum atomic E-state index is -0.326. The number of carbonyl (C=O) groups excluding carboxylic acids is 1. The monoisotopic (exact) mass is 516 g/mol. The summed E-state index contributed by atoms with van der Waals surface area (Å²) in [6.45, 7) is 5.13. The van der Waals surface area contributed by atoms with Crippen LogP contribution in [0.5, 0.6) is 0 Å². The molecule has 0 saturated carbocycles. The minimum Gasteiger partial charge on any atom is -0.378 e. The van der Waals surface area contributed by atoms with Crippen molar-refractivity contribution in [3.8, 4) is 0 Å². The van der Waals surface area contributed by atoms with Gasteiger partial charge in [0, 0.05) is 62.5 Å². The van der Waals surface area contributed by atoms with Gasteiger partial charge in [-0.2, -0.15) is 0 Å². The van der Waals surface area contributed by atoms with Crippen LogP contribution >= 0.6 is 0 Å². The third-order valence-electron chi connectivity index (χ3n) is 7.27. The van der Waals surface area contributed by atoms with E-state index in [0.717, 1.165) is 67.3 Å². The fraction of sp³-hybridized carbons (Fsp3) is 0.357. The second-order valence-corrected chi connectivity index (χ2v) is 9.68. The maximum absolute atomic E-state index is 13.5. The van der Waals surface area contributed by atoms with Crippen LogP contribution in [0.15, 0.2) is 59.4 Å². The predicted octanol–water partition coefficient (Wildman–Crippen LogP) is 3.91. The molecule has 2 saturated heterocycles. The zero-order valence-corrected chi connectivity index (χ0v) is 21.0. The Kier molecular flexibility index (Phi) is 6.87. The van der Waals surface area contributed by atoms with Gasteiger partial charge in [-0.05, 0) is 48.7 Å². The second-order valence-electron chi connectivity index (χ2n) is 9.68. The van der Waals surface area contributed by atoms with Crippen molar-refractivity contribution in [3.05, 3.63) is 77.5 Å². The quantitative estimate of drug-likeness (QED) is 0.412. The van der Waals surface area contributed by atoms with Crippen molar-refractivity contribution in [2.75, 3.05) is 49.2 Å². The van der Waals surface area contributed by atoms with Crippen molar-refractivity contribution in [2.45, 2.75) is 25.3 Å². The number of pyridine rings is 2. The summed E-state index contributed by atoms with van der Waals surface area (Å²) < 4.78 is 24.2. The summed E-state index contributed by atoms with van der Waals surface area (Å²) in [5.74, 6) is 1.52. The van der Waals surface area contributed by atoms with Crippen LogP contribution in [0.3, 0.4) is 0 Å². The molecule has 5 heterocycles. The van der Waals surface area contributed by atoms with Crippen LogP contribution in [0.1, 0.15) is 40.4 Å². The number of halogens is 1. The highest BCUT2D eigenvalue weighted by Crippen LogP contribution is 2.33. The Morgan fingerprint density at radius 1 is 0.947 bits per heavy atom. The number of fused-ring (bicyclic) bond motifs is 1. The molecule has 1 N–H and O–H groups in total. The van der Waals surface area contributed by atoms with Crippen LogP contribution in [-0.2, 0) is 11.3 Å². The minimum absolute atomic E-state index is 0.172. The molecule has 10 heteroatoms. The molecule has 2 aliphatic rings. The molecule has 9 nitrogen and oxygen atoms in total. The first-order valence-electron chi connectivity index (χ1n) is 13.0. The van der Waals surface area contributed by atoms with E-state index < -0.39 is 0 Å². The number of benzene rings is 1. The average molecular weight is 517 g/mol. The smallest absolute Gasteiger partial charge is 0.253 e. The van der Waals surface area contributed by atoms with Gasteiger partial charge in [-0.1, -0.05) is 11.2 Å². The standard InChI is InChI=1S/C28H29FN6O3/c29-22-3-4-23-24(15-22)38-33-27(23)20-7-9-34(10-8-20)26-6-2-21(18-31-26)28(36)32-17-19-1-5-25(30-16-19)35-11-13-37-14-12-35/h1-6,15-16,18,20H,7-14,17H2,(H,32,36). The Labute approximate surface area is 219 Å². The summed E-state index contributed by atoms with van der Waals surface area (Å²) in [7, 11) is 0. The van der Waals surface area contributed by atoms with E-state index in [1.165, 1.54) is 12.1 Å². The van der Waals surface area contributed by atoms with E-state index in [4.69, 9.17) is 9.26 Å². The molecule has 4 aromatic rings. The largest absolute Gasteiger partial charge is 0.378 e. The Morgan fingerprint density at radius 3 is 2.39 bits per heavy atom. The van der Waals surface area contributed by atoms with E-state index in [9.17, 15) is 9.18 Å². The van der Waals surface area contributed by atoms with E-state index in [1.54, 1.807) is 18.5 Å². The van der Waals surface area contributed by atoms with E-state index in [1.807, 2.05) is 24.3 Å². The lowest BCUT2D eigenvalue weighted by atomic mass is 9.91. The number of morpholine rings is 1. The van der Waals surface area contributed by atoms with Gasteiger partial charge in [-0.15, -0.1) is 0 Å². The van der Waals surface area contributed by atoms with Crippen LogP contribution in [0.4, 0.5) is 16.0 Å². The summed E-state index contributed by atoms with van der Waals surface area (Å²) in [5.41, 5.74) is 2.83. The number of aromatic nitrogens is 3. The Hall–Kier alpha value is -4.05. The van der Waals surface area contributed by atoms with Crippen molar-refractivity contribution in [2.24, 2.45) is 0 Å². The second kappa shape index (κ2) is 10.7. The maximum atomic E-state index is 13.5. The first-order valence-corrected chi connectivity index (χ1v) is 13.0. The highest BCUT2D eigenvalue weighted by molar-refractivity contribution is 5.94. The van der Waals surface area contributed by atoms with Crippen molar-refractivity contribution >= 4 is 28.5 Å². The van der Waals surface area contributed by atoms with Crippen LogP contribution in [0, 0.1) is 5.82 Å². The van der Waals surface area contributed by atoms with Crippen molar-refractivity contribution in [3.63, 3.8) is 0 Å². The van der Waals surface area contributed by atoms with E-state index in [2.05, 4.69) is 30.2 Å². The summed E-state index contributed by atoms with van der Waals surface area (Å²) >= 11 is 0. The Balaban J connectivity index is 1.01. The highest BCUT2D eigenvalue weighted by Gasteiger charge is 2.26. The predicted molar refractivity (Wildman–Crippen MR) is 141 cm³/mol. The van der Waals surface area contributed by atoms with E-state index >= 15 is 0 Å². The van der Waals surface area contributed by atoms with Crippen LogP contribution in [0.2, 0.25) is 0 Å². The summed E-state index contributed by atoms with van der Waals surface area (Å²) in [5, 5.41) is 8.05. The molecule has 2 aliphatic heterocycles. The summed E-state index contributed by atoms with van der Waals surface area (Å²) in [4.78, 5) is 26.2. The van der Waals surface area contributed by atoms with Crippen molar-refractivity contribution < 1.29 is 18.4 Å². The molecular weight excluding hydrogens is 487 g/mol. The van der Waals surface area contributed by atoms with Crippen molar-refractivity contribution in [1.82, 2.24) is 20.4 Å². The fourth-order valence-corrected chi connectivity index (χ4v) is 5.10. The zero-order chi connectivity index (χ0) is 25.9. The van der Waals surface area contributed by atoms with Crippen LogP contribution in [-0.4, -0.2) is 60.4 Å². The Bertz CT molecular complexity index is 1390. The molecule has 0 unspecified atom stereocenters. The number of piperidine rings is 1. The fourth-order valence-electron chi connectivity index (χ4n) is 5.10. The van der Waals surface area contributed by atoms with Gasteiger partial charge in [0.2, 0.25) is 0 Å². The number of amides is 1. The molecule has 2 fully saturated rings. The molecule has 3 aromatic heterocycles. The number of nitrogens with zero attached hydrogens (tertiary/aromatic N) is 5. The SMILES string of the molecule is O=C(NCc1ccc(N2CCOCC2)nc1)c1ccc(N2CCC(c3noc4cc(F)ccc34)CC2)nc1. The molecular formula is C28H29FN6O3. The van der Waals surface area contributed by atoms with Gasteiger partial charge in [0.1, 0.15) is 17.5 Å². The highest BCUT2D eigenvalue weighted by atomic mass is 19.1. The summed E-state index contributed by atoms with van der Waals surface area (Å²) in [6, 6.07) is 12.2. The van der Waals surface area contributed by atoms with Gasteiger partial charge in [0.15, 0.2) is 5.58 Å². The molecule has 0 aliphatic carbocycles. The molecule has 6 rings (SSSR count). The first kappa shape index (κ1) is 24.3. The molecule has 0 spiro atoms. The van der Waals surface area contributed by atoms with Gasteiger partial charge < -0.3 is 24.4 Å². The average Bonchev–Trinajstić information content (AvgIpc) is 3.40. The number of nitrogens with one attached hydrogen (secondary N) is 1. The van der Waals surface area contributed by atoms with Gasteiger partial charge in [-0.25, -0.2) is 14.4 Å².